The van der Waals surface area contributed by atoms with Crippen molar-refractivity contribution in [1.82, 2.24) is 10.6 Å². The van der Waals surface area contributed by atoms with E-state index in [1.54, 1.807) is 11.8 Å². The molecule has 1 unspecified atom stereocenters. The highest BCUT2D eigenvalue weighted by Crippen LogP contribution is 1.99. The molecule has 0 aliphatic rings. The molecule has 0 spiro atoms. The molecule has 0 saturated carbocycles. The molecule has 0 saturated heterocycles. The first-order valence-corrected chi connectivity index (χ1v) is 7.04. The minimum atomic E-state index is 0.0645. The summed E-state index contributed by atoms with van der Waals surface area (Å²) in [7, 11) is 0. The third-order valence-corrected chi connectivity index (χ3v) is 3.25. The Bertz CT molecular complexity index is 179. The third kappa shape index (κ3) is 10.3. The molecule has 0 radical (unpaired) electrons. The van der Waals surface area contributed by atoms with E-state index in [0.29, 0.717) is 6.54 Å². The molecule has 96 valence electrons. The Hall–Kier alpha value is -0.260. The minimum absolute atomic E-state index is 0.0645. The molecule has 1 amide bonds. The molecule has 1 atom stereocenters. The second-order valence-electron chi connectivity index (χ2n) is 3.74. The molecule has 16 heavy (non-hydrogen) atoms. The van der Waals surface area contributed by atoms with Gasteiger partial charge in [-0.05, 0) is 25.5 Å². The van der Waals surface area contributed by atoms with Crippen LogP contribution in [0.25, 0.3) is 0 Å². The summed E-state index contributed by atoms with van der Waals surface area (Å²) in [4.78, 5) is 11.3. The zero-order chi connectivity index (χ0) is 12.2. The van der Waals surface area contributed by atoms with Crippen molar-refractivity contribution < 1.29 is 9.90 Å². The largest absolute Gasteiger partial charge is 0.396 e. The van der Waals surface area contributed by atoms with Crippen LogP contribution in [0, 0.1) is 0 Å². The number of rotatable bonds is 10. The minimum Gasteiger partial charge on any atom is -0.396 e. The predicted molar refractivity (Wildman–Crippen MR) is 69.8 cm³/mol. The highest BCUT2D eigenvalue weighted by atomic mass is 32.2. The summed E-state index contributed by atoms with van der Waals surface area (Å²) in [6.07, 6.45) is 1.81. The fourth-order valence-electron chi connectivity index (χ4n) is 1.04. The van der Waals surface area contributed by atoms with Gasteiger partial charge in [0, 0.05) is 24.9 Å². The summed E-state index contributed by atoms with van der Waals surface area (Å²) in [6.45, 7) is 5.55. The zero-order valence-electron chi connectivity index (χ0n) is 10.3. The van der Waals surface area contributed by atoms with Gasteiger partial charge in [-0.2, -0.15) is 11.8 Å². The van der Waals surface area contributed by atoms with Crippen molar-refractivity contribution in [2.45, 2.75) is 32.7 Å². The first-order valence-electron chi connectivity index (χ1n) is 5.89. The van der Waals surface area contributed by atoms with E-state index in [2.05, 4.69) is 17.6 Å². The van der Waals surface area contributed by atoms with Gasteiger partial charge in [0.2, 0.25) is 5.91 Å². The average Bonchev–Trinajstić information content (AvgIpc) is 2.27. The van der Waals surface area contributed by atoms with E-state index in [1.165, 1.54) is 0 Å². The van der Waals surface area contributed by atoms with Gasteiger partial charge in [-0.3, -0.25) is 4.79 Å². The van der Waals surface area contributed by atoms with E-state index < -0.39 is 0 Å². The lowest BCUT2D eigenvalue weighted by Crippen LogP contribution is -2.39. The van der Waals surface area contributed by atoms with E-state index >= 15 is 0 Å². The Morgan fingerprint density at radius 2 is 2.19 bits per heavy atom. The molecule has 0 rings (SSSR count). The van der Waals surface area contributed by atoms with Crippen LogP contribution < -0.4 is 10.6 Å². The molecule has 0 aliphatic heterocycles. The van der Waals surface area contributed by atoms with Crippen LogP contribution >= 0.6 is 11.8 Å². The molecule has 0 bridgehead atoms. The van der Waals surface area contributed by atoms with Gasteiger partial charge in [-0.1, -0.05) is 6.92 Å². The first-order chi connectivity index (χ1) is 7.70. The number of carbonyl (C=O) groups is 1. The maximum Gasteiger partial charge on any atom is 0.234 e. The number of thioether (sulfide) groups is 1. The van der Waals surface area contributed by atoms with Gasteiger partial charge in [0.05, 0.1) is 6.54 Å². The molecule has 0 aromatic carbocycles. The second kappa shape index (κ2) is 11.2. The Balaban J connectivity index is 3.21. The van der Waals surface area contributed by atoms with Crippen LogP contribution in [0.1, 0.15) is 26.7 Å². The molecule has 0 aromatic rings. The van der Waals surface area contributed by atoms with E-state index in [9.17, 15) is 4.79 Å². The molecule has 3 N–H and O–H groups in total. The van der Waals surface area contributed by atoms with Gasteiger partial charge in [0.25, 0.3) is 0 Å². The molecule has 4 nitrogen and oxygen atoms in total. The summed E-state index contributed by atoms with van der Waals surface area (Å²) < 4.78 is 0. The molecular weight excluding hydrogens is 224 g/mol. The standard InChI is InChI=1S/C11H24N2O2S/c1-3-10(2)13-11(15)9-12-5-8-16-7-4-6-14/h10,12,14H,3-9H2,1-2H3,(H,13,15). The van der Waals surface area contributed by atoms with Gasteiger partial charge in [0.15, 0.2) is 0 Å². The lowest BCUT2D eigenvalue weighted by atomic mass is 10.2. The van der Waals surface area contributed by atoms with E-state index in [4.69, 9.17) is 5.11 Å². The van der Waals surface area contributed by atoms with Crippen LogP contribution in [0.2, 0.25) is 0 Å². The Labute approximate surface area is 103 Å². The SMILES string of the molecule is CCC(C)NC(=O)CNCCSCCCO. The molecule has 0 fully saturated rings. The summed E-state index contributed by atoms with van der Waals surface area (Å²) in [5.74, 6) is 2.03. The van der Waals surface area contributed by atoms with Gasteiger partial charge in [-0.15, -0.1) is 0 Å². The van der Waals surface area contributed by atoms with Crippen molar-refractivity contribution in [2.24, 2.45) is 0 Å². The Kier molecular flexibility index (Phi) is 11.0. The van der Waals surface area contributed by atoms with E-state index in [0.717, 1.165) is 30.9 Å². The highest BCUT2D eigenvalue weighted by molar-refractivity contribution is 7.99. The average molecular weight is 248 g/mol. The summed E-state index contributed by atoms with van der Waals surface area (Å²) in [5, 5.41) is 14.6. The predicted octanol–water partition coefficient (Wildman–Crippen LogP) is 0.606. The van der Waals surface area contributed by atoms with Crippen molar-refractivity contribution in [3.8, 4) is 0 Å². The van der Waals surface area contributed by atoms with Crippen molar-refractivity contribution in [1.29, 1.82) is 0 Å². The molecule has 0 heterocycles. The molecular formula is C11H24N2O2S. The number of aliphatic hydroxyl groups excluding tert-OH is 1. The van der Waals surface area contributed by atoms with E-state index in [1.807, 2.05) is 6.92 Å². The molecule has 5 heteroatoms. The number of amides is 1. The van der Waals surface area contributed by atoms with Gasteiger partial charge in [0.1, 0.15) is 0 Å². The Morgan fingerprint density at radius 1 is 1.44 bits per heavy atom. The maximum absolute atomic E-state index is 11.3. The van der Waals surface area contributed by atoms with Crippen LogP contribution in [0.15, 0.2) is 0 Å². The number of carbonyl (C=O) groups excluding carboxylic acids is 1. The van der Waals surface area contributed by atoms with Crippen molar-refractivity contribution in [3.63, 3.8) is 0 Å². The fourth-order valence-corrected chi connectivity index (χ4v) is 1.87. The fraction of sp³-hybridized carbons (Fsp3) is 0.909. The van der Waals surface area contributed by atoms with Crippen molar-refractivity contribution in [3.05, 3.63) is 0 Å². The van der Waals surface area contributed by atoms with E-state index in [-0.39, 0.29) is 18.6 Å². The lowest BCUT2D eigenvalue weighted by molar-refractivity contribution is -0.120. The quantitative estimate of drug-likeness (QED) is 0.496. The number of hydrogen-bond donors (Lipinski definition) is 3. The topological polar surface area (TPSA) is 61.4 Å². The van der Waals surface area contributed by atoms with Crippen LogP contribution in [0.5, 0.6) is 0 Å². The van der Waals surface area contributed by atoms with Crippen molar-refractivity contribution >= 4 is 17.7 Å². The zero-order valence-corrected chi connectivity index (χ0v) is 11.1. The monoisotopic (exact) mass is 248 g/mol. The van der Waals surface area contributed by atoms with Gasteiger partial charge < -0.3 is 15.7 Å². The highest BCUT2D eigenvalue weighted by Gasteiger charge is 2.03. The Morgan fingerprint density at radius 3 is 2.81 bits per heavy atom. The summed E-state index contributed by atoms with van der Waals surface area (Å²) in [5.41, 5.74) is 0. The number of aliphatic hydroxyl groups is 1. The van der Waals surface area contributed by atoms with Crippen molar-refractivity contribution in [2.75, 3.05) is 31.2 Å². The number of hydrogen-bond acceptors (Lipinski definition) is 4. The van der Waals surface area contributed by atoms with Gasteiger partial charge >= 0.3 is 0 Å². The lowest BCUT2D eigenvalue weighted by Gasteiger charge is -2.11. The van der Waals surface area contributed by atoms with Gasteiger partial charge in [-0.25, -0.2) is 0 Å². The normalized spacial score (nSPS) is 12.4. The number of nitrogens with one attached hydrogen (secondary N) is 2. The smallest absolute Gasteiger partial charge is 0.234 e. The first kappa shape index (κ1) is 15.7. The summed E-state index contributed by atoms with van der Waals surface area (Å²) in [6, 6.07) is 0.258. The van der Waals surface area contributed by atoms with Crippen LogP contribution in [-0.4, -0.2) is 48.3 Å². The second-order valence-corrected chi connectivity index (χ2v) is 4.97. The van der Waals surface area contributed by atoms with Crippen LogP contribution in [0.3, 0.4) is 0 Å². The summed E-state index contributed by atoms with van der Waals surface area (Å²) >= 11 is 1.79. The van der Waals surface area contributed by atoms with Crippen LogP contribution in [-0.2, 0) is 4.79 Å². The maximum atomic E-state index is 11.3. The van der Waals surface area contributed by atoms with Crippen LogP contribution in [0.4, 0.5) is 0 Å². The molecule has 0 aliphatic carbocycles. The molecule has 0 aromatic heterocycles. The third-order valence-electron chi connectivity index (χ3n) is 2.18.